The highest BCUT2D eigenvalue weighted by molar-refractivity contribution is 5.34. The molecule has 1 saturated heterocycles. The van der Waals surface area contributed by atoms with Crippen LogP contribution in [0.4, 0.5) is 17.7 Å². The molecule has 4 heterocycles. The van der Waals surface area contributed by atoms with Crippen LogP contribution in [0.2, 0.25) is 0 Å². The number of nitrogens with zero attached hydrogens (tertiary/aromatic N) is 4. The van der Waals surface area contributed by atoms with E-state index in [1.54, 1.807) is 12.5 Å². The lowest BCUT2D eigenvalue weighted by molar-refractivity contribution is 0.122. The van der Waals surface area contributed by atoms with Crippen molar-refractivity contribution in [1.29, 1.82) is 0 Å². The van der Waals surface area contributed by atoms with E-state index in [-0.39, 0.29) is 0 Å². The average Bonchev–Trinajstić information content (AvgIpc) is 3.39. The standard InChI is InChI=1S/C17H20N6O3/c1-3-15(25-7-1)18-11-13-20-14(12-19-16-4-2-8-26-16)22-17(21-13)23-5-9-24-10-6-23/h1-4,7-8,18-19H,5-6,9-12H2. The average molecular weight is 356 g/mol. The summed E-state index contributed by atoms with van der Waals surface area (Å²) in [5.74, 6) is 3.31. The fourth-order valence-corrected chi connectivity index (χ4v) is 2.61. The monoisotopic (exact) mass is 356 g/mol. The molecule has 136 valence electrons. The van der Waals surface area contributed by atoms with Crippen molar-refractivity contribution in [1.82, 2.24) is 15.0 Å². The third-order valence-electron chi connectivity index (χ3n) is 3.89. The molecular weight excluding hydrogens is 336 g/mol. The van der Waals surface area contributed by atoms with Crippen LogP contribution < -0.4 is 15.5 Å². The van der Waals surface area contributed by atoms with Gasteiger partial charge in [0.05, 0.1) is 38.8 Å². The number of hydrogen-bond acceptors (Lipinski definition) is 9. The second-order valence-corrected chi connectivity index (χ2v) is 5.73. The summed E-state index contributed by atoms with van der Waals surface area (Å²) in [6.45, 7) is 3.76. The van der Waals surface area contributed by atoms with Crippen molar-refractivity contribution in [3.8, 4) is 0 Å². The molecule has 9 heteroatoms. The van der Waals surface area contributed by atoms with Crippen molar-refractivity contribution in [3.05, 3.63) is 48.4 Å². The molecule has 0 aromatic carbocycles. The topological polar surface area (TPSA) is 101 Å². The van der Waals surface area contributed by atoms with Crippen molar-refractivity contribution in [3.63, 3.8) is 0 Å². The van der Waals surface area contributed by atoms with Gasteiger partial charge in [0.25, 0.3) is 0 Å². The predicted molar refractivity (Wildman–Crippen MR) is 94.9 cm³/mol. The minimum Gasteiger partial charge on any atom is -0.449 e. The van der Waals surface area contributed by atoms with Crippen molar-refractivity contribution in [2.24, 2.45) is 0 Å². The fraction of sp³-hybridized carbons (Fsp3) is 0.353. The van der Waals surface area contributed by atoms with E-state index in [1.165, 1.54) is 0 Å². The van der Waals surface area contributed by atoms with Crippen LogP contribution in [0.3, 0.4) is 0 Å². The second-order valence-electron chi connectivity index (χ2n) is 5.73. The molecule has 0 unspecified atom stereocenters. The number of nitrogens with one attached hydrogen (secondary N) is 2. The van der Waals surface area contributed by atoms with Gasteiger partial charge in [0, 0.05) is 25.2 Å². The van der Waals surface area contributed by atoms with E-state index in [1.807, 2.05) is 24.3 Å². The summed E-state index contributed by atoms with van der Waals surface area (Å²) in [6, 6.07) is 7.36. The molecule has 0 saturated carbocycles. The molecule has 0 atom stereocenters. The zero-order chi connectivity index (χ0) is 17.6. The molecule has 3 aromatic rings. The van der Waals surface area contributed by atoms with Gasteiger partial charge in [-0.3, -0.25) is 0 Å². The maximum atomic E-state index is 5.41. The summed E-state index contributed by atoms with van der Waals surface area (Å²) < 4.78 is 16.0. The molecule has 3 aromatic heterocycles. The van der Waals surface area contributed by atoms with Gasteiger partial charge in [-0.05, 0) is 12.1 Å². The van der Waals surface area contributed by atoms with Gasteiger partial charge in [-0.1, -0.05) is 0 Å². The number of ether oxygens (including phenoxy) is 1. The zero-order valence-electron chi connectivity index (χ0n) is 14.2. The Kier molecular flexibility index (Phi) is 4.97. The SMILES string of the molecule is c1coc(NCc2nc(CNc3ccco3)nc(N3CCOCC3)n2)c1. The van der Waals surface area contributed by atoms with E-state index in [9.17, 15) is 0 Å². The highest BCUT2D eigenvalue weighted by Gasteiger charge is 2.16. The van der Waals surface area contributed by atoms with Crippen molar-refractivity contribution >= 4 is 17.7 Å². The number of hydrogen-bond donors (Lipinski definition) is 2. The summed E-state index contributed by atoms with van der Waals surface area (Å²) in [6.07, 6.45) is 3.24. The van der Waals surface area contributed by atoms with Crippen LogP contribution in [0, 0.1) is 0 Å². The Hall–Kier alpha value is -3.07. The summed E-state index contributed by atoms with van der Waals surface area (Å²) in [5.41, 5.74) is 0. The van der Waals surface area contributed by atoms with E-state index >= 15 is 0 Å². The van der Waals surface area contributed by atoms with Crippen LogP contribution in [0.15, 0.2) is 45.6 Å². The molecule has 4 rings (SSSR count). The van der Waals surface area contributed by atoms with Crippen LogP contribution in [0.25, 0.3) is 0 Å². The number of rotatable bonds is 7. The Labute approximate surface area is 150 Å². The Morgan fingerprint density at radius 2 is 1.42 bits per heavy atom. The highest BCUT2D eigenvalue weighted by atomic mass is 16.5. The van der Waals surface area contributed by atoms with Crippen molar-refractivity contribution < 1.29 is 13.6 Å². The highest BCUT2D eigenvalue weighted by Crippen LogP contribution is 2.14. The lowest BCUT2D eigenvalue weighted by Gasteiger charge is -2.27. The zero-order valence-corrected chi connectivity index (χ0v) is 14.2. The molecular formula is C17H20N6O3. The molecule has 0 aliphatic carbocycles. The third-order valence-corrected chi connectivity index (χ3v) is 3.89. The number of aromatic nitrogens is 3. The van der Waals surface area contributed by atoms with E-state index in [0.29, 0.717) is 55.7 Å². The molecule has 9 nitrogen and oxygen atoms in total. The van der Waals surface area contributed by atoms with Gasteiger partial charge in [0.2, 0.25) is 5.95 Å². The smallest absolute Gasteiger partial charge is 0.229 e. The van der Waals surface area contributed by atoms with E-state index in [4.69, 9.17) is 13.6 Å². The minimum absolute atomic E-state index is 0.446. The van der Waals surface area contributed by atoms with E-state index in [2.05, 4.69) is 30.5 Å². The Balaban J connectivity index is 1.51. The second kappa shape index (κ2) is 7.87. The van der Waals surface area contributed by atoms with Crippen molar-refractivity contribution in [2.45, 2.75) is 13.1 Å². The first-order valence-corrected chi connectivity index (χ1v) is 8.48. The molecule has 1 aliphatic heterocycles. The van der Waals surface area contributed by atoms with Gasteiger partial charge >= 0.3 is 0 Å². The quantitative estimate of drug-likeness (QED) is 0.659. The maximum Gasteiger partial charge on any atom is 0.229 e. The summed E-state index contributed by atoms with van der Waals surface area (Å²) >= 11 is 0. The normalized spacial score (nSPS) is 14.4. The molecule has 1 fully saturated rings. The Bertz CT molecular complexity index is 744. The van der Waals surface area contributed by atoms with Gasteiger partial charge < -0.3 is 29.1 Å². The number of morpholine rings is 1. The van der Waals surface area contributed by atoms with E-state index < -0.39 is 0 Å². The minimum atomic E-state index is 0.446. The van der Waals surface area contributed by atoms with Crippen LogP contribution >= 0.6 is 0 Å². The molecule has 0 spiro atoms. The van der Waals surface area contributed by atoms with Crippen LogP contribution in [-0.4, -0.2) is 41.3 Å². The largest absolute Gasteiger partial charge is 0.449 e. The van der Waals surface area contributed by atoms with Gasteiger partial charge in [0.15, 0.2) is 23.4 Å². The van der Waals surface area contributed by atoms with Crippen LogP contribution in [0.1, 0.15) is 11.6 Å². The first-order chi connectivity index (χ1) is 12.9. The summed E-state index contributed by atoms with van der Waals surface area (Å²) in [7, 11) is 0. The molecule has 1 aliphatic rings. The predicted octanol–water partition coefficient (Wildman–Crippen LogP) is 2.12. The fourth-order valence-electron chi connectivity index (χ4n) is 2.61. The van der Waals surface area contributed by atoms with Crippen LogP contribution in [0.5, 0.6) is 0 Å². The lowest BCUT2D eigenvalue weighted by atomic mass is 10.4. The van der Waals surface area contributed by atoms with Crippen LogP contribution in [-0.2, 0) is 17.8 Å². The molecule has 26 heavy (non-hydrogen) atoms. The Morgan fingerprint density at radius 1 is 0.846 bits per heavy atom. The third kappa shape index (κ3) is 4.12. The number of furan rings is 2. The lowest BCUT2D eigenvalue weighted by Crippen LogP contribution is -2.38. The van der Waals surface area contributed by atoms with Gasteiger partial charge in [-0.2, -0.15) is 9.97 Å². The summed E-state index contributed by atoms with van der Waals surface area (Å²) in [5, 5.41) is 6.33. The Morgan fingerprint density at radius 3 is 1.92 bits per heavy atom. The molecule has 0 amide bonds. The molecule has 0 radical (unpaired) electrons. The maximum absolute atomic E-state index is 5.41. The number of anilines is 3. The van der Waals surface area contributed by atoms with E-state index in [0.717, 1.165) is 13.1 Å². The van der Waals surface area contributed by atoms with Crippen molar-refractivity contribution in [2.75, 3.05) is 41.8 Å². The molecule has 2 N–H and O–H groups in total. The first kappa shape index (κ1) is 16.4. The summed E-state index contributed by atoms with van der Waals surface area (Å²) in [4.78, 5) is 15.8. The molecule has 0 bridgehead atoms. The van der Waals surface area contributed by atoms with Gasteiger partial charge in [-0.25, -0.2) is 4.98 Å². The first-order valence-electron chi connectivity index (χ1n) is 8.48. The van der Waals surface area contributed by atoms with Gasteiger partial charge in [-0.15, -0.1) is 0 Å². The van der Waals surface area contributed by atoms with Gasteiger partial charge in [0.1, 0.15) is 0 Å².